The number of carbonyl (C=O) groups is 1. The van der Waals surface area contributed by atoms with Gasteiger partial charge in [0.05, 0.1) is 25.0 Å². The standard InChI is InChI=1S/C29H34F6N2O3/c1-39-27(38)20-3-7-22-17-36(12-13-37(22)16-20)15-18-2-10-24-19(14-18)4-11-25(26(24)29(33,34)35)40-23-8-5-21(6-9-23)28(30,31)32/h2,4,10-11,14,20-23H,3,5-9,12-13,15-17H2,1H3/t20-,21?,22-,23?/m1/s1. The number of carbonyl (C=O) groups excluding carboxylic acids is 1. The number of nitrogens with zero attached hydrogens (tertiary/aromatic N) is 2. The fourth-order valence-corrected chi connectivity index (χ4v) is 6.54. The molecule has 0 unspecified atom stereocenters. The van der Waals surface area contributed by atoms with Crippen LogP contribution in [-0.2, 0) is 22.3 Å². The zero-order valence-electron chi connectivity index (χ0n) is 22.4. The lowest BCUT2D eigenvalue weighted by atomic mass is 9.87. The van der Waals surface area contributed by atoms with Gasteiger partial charge in [0.25, 0.3) is 0 Å². The van der Waals surface area contributed by atoms with Crippen molar-refractivity contribution in [3.63, 3.8) is 0 Å². The first-order chi connectivity index (χ1) is 18.9. The molecule has 40 heavy (non-hydrogen) atoms. The van der Waals surface area contributed by atoms with E-state index in [0.717, 1.165) is 38.0 Å². The molecule has 0 spiro atoms. The molecule has 2 atom stereocenters. The Kier molecular flexibility index (Phi) is 8.25. The van der Waals surface area contributed by atoms with Crippen molar-refractivity contribution in [2.75, 3.05) is 33.3 Å². The number of alkyl halides is 6. The Morgan fingerprint density at radius 3 is 2.35 bits per heavy atom. The van der Waals surface area contributed by atoms with Crippen molar-refractivity contribution < 1.29 is 40.6 Å². The van der Waals surface area contributed by atoms with Crippen molar-refractivity contribution in [2.24, 2.45) is 11.8 Å². The number of methoxy groups -OCH3 is 1. The van der Waals surface area contributed by atoms with E-state index in [-0.39, 0.29) is 48.7 Å². The second kappa shape index (κ2) is 11.4. The number of benzene rings is 2. The summed E-state index contributed by atoms with van der Waals surface area (Å²) in [5.74, 6) is -2.03. The molecule has 220 valence electrons. The van der Waals surface area contributed by atoms with Gasteiger partial charge < -0.3 is 9.47 Å². The molecule has 0 amide bonds. The molecular formula is C29H34F6N2O3. The normalized spacial score (nSPS) is 26.9. The second-order valence-electron chi connectivity index (χ2n) is 11.3. The Morgan fingerprint density at radius 2 is 1.68 bits per heavy atom. The fraction of sp³-hybridized carbons (Fsp3) is 0.621. The summed E-state index contributed by atoms with van der Waals surface area (Å²) in [6.45, 7) is 3.72. The SMILES string of the molecule is COC(=O)[C@@H]1CC[C@@H]2CN(Cc3ccc4c(C(F)(F)F)c(OC5CCC(C(F)(F)F)CC5)ccc4c3)CCN2C1. The van der Waals surface area contributed by atoms with Crippen molar-refractivity contribution in [1.29, 1.82) is 0 Å². The molecule has 0 radical (unpaired) electrons. The van der Waals surface area contributed by atoms with E-state index in [1.54, 1.807) is 18.2 Å². The van der Waals surface area contributed by atoms with Gasteiger partial charge >= 0.3 is 18.3 Å². The molecule has 1 saturated carbocycles. The van der Waals surface area contributed by atoms with E-state index in [1.165, 1.54) is 19.2 Å². The van der Waals surface area contributed by atoms with Gasteiger partial charge in [0.1, 0.15) is 11.3 Å². The number of esters is 1. The van der Waals surface area contributed by atoms with Crippen molar-refractivity contribution in [3.05, 3.63) is 41.5 Å². The molecule has 0 N–H and O–H groups in total. The topological polar surface area (TPSA) is 42.0 Å². The highest BCUT2D eigenvalue weighted by molar-refractivity contribution is 5.89. The van der Waals surface area contributed by atoms with Gasteiger partial charge in [-0.15, -0.1) is 0 Å². The summed E-state index contributed by atoms with van der Waals surface area (Å²) in [5.41, 5.74) is 0.0157. The van der Waals surface area contributed by atoms with Crippen LogP contribution in [0.1, 0.15) is 49.7 Å². The van der Waals surface area contributed by atoms with Crippen LogP contribution in [0.4, 0.5) is 26.3 Å². The third kappa shape index (κ3) is 6.35. The van der Waals surface area contributed by atoms with E-state index >= 15 is 0 Å². The third-order valence-electron chi connectivity index (χ3n) is 8.69. The number of ether oxygens (including phenoxy) is 2. The lowest BCUT2D eigenvalue weighted by Crippen LogP contribution is -2.56. The van der Waals surface area contributed by atoms with Gasteiger partial charge in [-0.05, 0) is 67.0 Å². The monoisotopic (exact) mass is 572 g/mol. The molecule has 2 heterocycles. The maximum Gasteiger partial charge on any atom is 0.420 e. The van der Waals surface area contributed by atoms with E-state index in [1.807, 2.05) is 0 Å². The lowest BCUT2D eigenvalue weighted by molar-refractivity contribution is -0.185. The van der Waals surface area contributed by atoms with Crippen molar-refractivity contribution in [2.45, 2.75) is 69.6 Å². The number of hydrogen-bond acceptors (Lipinski definition) is 5. The van der Waals surface area contributed by atoms with E-state index in [4.69, 9.17) is 9.47 Å². The smallest absolute Gasteiger partial charge is 0.420 e. The zero-order valence-corrected chi connectivity index (χ0v) is 22.4. The number of halogens is 6. The molecular weight excluding hydrogens is 538 g/mol. The highest BCUT2D eigenvalue weighted by Crippen LogP contribution is 2.44. The molecule has 5 nitrogen and oxygen atoms in total. The highest BCUT2D eigenvalue weighted by Gasteiger charge is 2.43. The fourth-order valence-electron chi connectivity index (χ4n) is 6.54. The van der Waals surface area contributed by atoms with Gasteiger partial charge in [0, 0.05) is 38.8 Å². The largest absolute Gasteiger partial charge is 0.490 e. The predicted octanol–water partition coefficient (Wildman–Crippen LogP) is 6.43. The van der Waals surface area contributed by atoms with Crippen molar-refractivity contribution >= 4 is 16.7 Å². The molecule has 5 rings (SSSR count). The van der Waals surface area contributed by atoms with Gasteiger partial charge in [-0.2, -0.15) is 26.3 Å². The van der Waals surface area contributed by atoms with Crippen LogP contribution in [0.25, 0.3) is 10.8 Å². The van der Waals surface area contributed by atoms with Crippen LogP contribution in [0.2, 0.25) is 0 Å². The van der Waals surface area contributed by atoms with Crippen LogP contribution in [0.3, 0.4) is 0 Å². The minimum Gasteiger partial charge on any atom is -0.490 e. The maximum atomic E-state index is 14.2. The highest BCUT2D eigenvalue weighted by atomic mass is 19.4. The average molecular weight is 573 g/mol. The molecule has 2 aromatic rings. The number of fused-ring (bicyclic) bond motifs is 2. The molecule has 11 heteroatoms. The van der Waals surface area contributed by atoms with Crippen molar-refractivity contribution in [3.8, 4) is 5.75 Å². The quantitative estimate of drug-likeness (QED) is 0.305. The molecule has 1 aliphatic carbocycles. The van der Waals surface area contributed by atoms with Gasteiger partial charge in [0.2, 0.25) is 0 Å². The van der Waals surface area contributed by atoms with Gasteiger partial charge in [0.15, 0.2) is 0 Å². The predicted molar refractivity (Wildman–Crippen MR) is 137 cm³/mol. The van der Waals surface area contributed by atoms with E-state index < -0.39 is 29.9 Å². The summed E-state index contributed by atoms with van der Waals surface area (Å²) in [4.78, 5) is 16.6. The van der Waals surface area contributed by atoms with Crippen LogP contribution in [0.5, 0.6) is 5.75 Å². The Hall–Kier alpha value is -2.53. The molecule has 2 aliphatic heterocycles. The first-order valence-corrected chi connectivity index (χ1v) is 13.8. The number of hydrogen-bond donors (Lipinski definition) is 0. The third-order valence-corrected chi connectivity index (χ3v) is 8.69. The molecule has 0 bridgehead atoms. The molecule has 3 aliphatic rings. The van der Waals surface area contributed by atoms with Gasteiger partial charge in [-0.1, -0.05) is 18.2 Å². The average Bonchev–Trinajstić information content (AvgIpc) is 2.91. The molecule has 2 aromatic carbocycles. The van der Waals surface area contributed by atoms with E-state index in [2.05, 4.69) is 9.80 Å². The summed E-state index contributed by atoms with van der Waals surface area (Å²) in [5, 5.41) is 0.457. The summed E-state index contributed by atoms with van der Waals surface area (Å²) in [6, 6.07) is 8.16. The van der Waals surface area contributed by atoms with Crippen LogP contribution >= 0.6 is 0 Å². The van der Waals surface area contributed by atoms with Gasteiger partial charge in [-0.3, -0.25) is 14.6 Å². The van der Waals surface area contributed by atoms with Crippen LogP contribution in [-0.4, -0.2) is 67.4 Å². The Balaban J connectivity index is 1.27. The zero-order chi connectivity index (χ0) is 28.7. The minimum absolute atomic E-state index is 0.0173. The van der Waals surface area contributed by atoms with E-state index in [0.29, 0.717) is 24.5 Å². The molecule has 3 fully saturated rings. The number of piperazine rings is 1. The summed E-state index contributed by atoms with van der Waals surface area (Å²) < 4.78 is 92.2. The first-order valence-electron chi connectivity index (χ1n) is 13.8. The number of piperidine rings is 1. The van der Waals surface area contributed by atoms with Gasteiger partial charge in [-0.25, -0.2) is 0 Å². The number of rotatable bonds is 5. The lowest BCUT2D eigenvalue weighted by Gasteiger charge is -2.45. The van der Waals surface area contributed by atoms with Crippen LogP contribution in [0, 0.1) is 11.8 Å². The molecule has 0 aromatic heterocycles. The Labute approximate surface area is 229 Å². The van der Waals surface area contributed by atoms with Crippen LogP contribution < -0.4 is 4.74 Å². The van der Waals surface area contributed by atoms with E-state index in [9.17, 15) is 31.1 Å². The summed E-state index contributed by atoms with van der Waals surface area (Å²) in [6.07, 6.45) is -8.14. The maximum absolute atomic E-state index is 14.2. The summed E-state index contributed by atoms with van der Waals surface area (Å²) in [7, 11) is 1.41. The summed E-state index contributed by atoms with van der Waals surface area (Å²) >= 11 is 0. The van der Waals surface area contributed by atoms with Crippen LogP contribution in [0.15, 0.2) is 30.3 Å². The second-order valence-corrected chi connectivity index (χ2v) is 11.3. The van der Waals surface area contributed by atoms with Crippen molar-refractivity contribution in [1.82, 2.24) is 9.80 Å². The Bertz CT molecular complexity index is 1210. The Morgan fingerprint density at radius 1 is 0.925 bits per heavy atom. The minimum atomic E-state index is -4.68. The first kappa shape index (κ1) is 29.0. The molecule has 2 saturated heterocycles.